The predicted molar refractivity (Wildman–Crippen MR) is 112 cm³/mol. The van der Waals surface area contributed by atoms with Gasteiger partial charge < -0.3 is 20.1 Å². The molecule has 0 radical (unpaired) electrons. The summed E-state index contributed by atoms with van der Waals surface area (Å²) >= 11 is 0. The first kappa shape index (κ1) is 19.8. The highest BCUT2D eigenvalue weighted by Crippen LogP contribution is 2.66. The zero-order chi connectivity index (χ0) is 21.1. The Kier molecular flexibility index (Phi) is 4.60. The number of hydrogen-bond donors (Lipinski definition) is 3. The van der Waals surface area contributed by atoms with Crippen molar-refractivity contribution in [1.29, 1.82) is 0 Å². The van der Waals surface area contributed by atoms with Crippen molar-refractivity contribution >= 4 is 5.97 Å². The van der Waals surface area contributed by atoms with Crippen LogP contribution >= 0.6 is 0 Å². The van der Waals surface area contributed by atoms with E-state index in [1.807, 2.05) is 18.4 Å². The Morgan fingerprint density at radius 2 is 1.97 bits per heavy atom. The van der Waals surface area contributed by atoms with Gasteiger partial charge in [-0.05, 0) is 72.8 Å². The van der Waals surface area contributed by atoms with Gasteiger partial charge in [0.2, 0.25) is 0 Å². The summed E-state index contributed by atoms with van der Waals surface area (Å²) in [6, 6.07) is 7.24. The number of aliphatic hydroxyl groups excluding tert-OH is 1. The Balaban J connectivity index is 1.66. The molecule has 160 valence electrons. The van der Waals surface area contributed by atoms with Gasteiger partial charge in [0.05, 0.1) is 30.6 Å². The Morgan fingerprint density at radius 3 is 2.67 bits per heavy atom. The summed E-state index contributed by atoms with van der Waals surface area (Å²) in [5.74, 6) is -0.0585. The van der Waals surface area contributed by atoms with Crippen LogP contribution in [0, 0.1) is 17.3 Å². The van der Waals surface area contributed by atoms with E-state index in [-0.39, 0.29) is 23.5 Å². The van der Waals surface area contributed by atoms with Crippen LogP contribution in [-0.2, 0) is 4.74 Å². The molecule has 1 aliphatic heterocycles. The smallest absolute Gasteiger partial charge is 0.335 e. The lowest BCUT2D eigenvalue weighted by molar-refractivity contribution is -0.120. The molecule has 0 saturated heterocycles. The molecular formula is C25H30O5. The van der Waals surface area contributed by atoms with Crippen LogP contribution in [0.15, 0.2) is 47.2 Å². The van der Waals surface area contributed by atoms with E-state index in [0.717, 1.165) is 37.7 Å². The number of hydrogen-bond acceptors (Lipinski definition) is 4. The van der Waals surface area contributed by atoms with E-state index in [1.165, 1.54) is 16.7 Å². The molecule has 2 unspecified atom stereocenters. The third kappa shape index (κ3) is 2.71. The number of rotatable bonds is 3. The number of fused-ring (bicyclic) bond motifs is 4. The highest BCUT2D eigenvalue weighted by Gasteiger charge is 2.62. The van der Waals surface area contributed by atoms with E-state index in [2.05, 4.69) is 6.92 Å². The van der Waals surface area contributed by atoms with Crippen LogP contribution in [-0.4, -0.2) is 40.1 Å². The summed E-state index contributed by atoms with van der Waals surface area (Å²) in [5, 5.41) is 30.8. The van der Waals surface area contributed by atoms with Crippen molar-refractivity contribution in [2.24, 2.45) is 17.3 Å². The van der Waals surface area contributed by atoms with Gasteiger partial charge in [-0.1, -0.05) is 24.6 Å². The molecular weight excluding hydrogens is 380 g/mol. The summed E-state index contributed by atoms with van der Waals surface area (Å²) in [4.78, 5) is 11.3. The average Bonchev–Trinajstić information content (AvgIpc) is 3.04. The highest BCUT2D eigenvalue weighted by molar-refractivity contribution is 5.87. The summed E-state index contributed by atoms with van der Waals surface area (Å²) in [6.45, 7) is 2.65. The van der Waals surface area contributed by atoms with Gasteiger partial charge in [-0.15, -0.1) is 0 Å². The quantitative estimate of drug-likeness (QED) is 0.701. The fraction of sp³-hybridized carbons (Fsp3) is 0.560. The van der Waals surface area contributed by atoms with Crippen LogP contribution in [0.5, 0.6) is 0 Å². The molecule has 0 spiro atoms. The minimum atomic E-state index is -1.06. The monoisotopic (exact) mass is 410 g/mol. The predicted octanol–water partition coefficient (Wildman–Crippen LogP) is 4.02. The van der Waals surface area contributed by atoms with Gasteiger partial charge >= 0.3 is 5.97 Å². The van der Waals surface area contributed by atoms with Crippen LogP contribution < -0.4 is 0 Å². The van der Waals surface area contributed by atoms with Gasteiger partial charge in [0.15, 0.2) is 0 Å². The van der Waals surface area contributed by atoms with Crippen molar-refractivity contribution in [2.75, 3.05) is 13.2 Å². The van der Waals surface area contributed by atoms with E-state index < -0.39 is 11.6 Å². The Bertz CT molecular complexity index is 929. The van der Waals surface area contributed by atoms with Crippen LogP contribution in [0.25, 0.3) is 0 Å². The molecule has 3 aliphatic carbocycles. The number of carboxylic acid groups (broad SMARTS) is 1. The SMILES string of the molecule is C[C@]12C[C@H](c3ccc(C(=O)O)cc3)C3=C4CCOC=C4CCC3C1CC[C@@]2(O)CO. The maximum atomic E-state index is 11.4. The molecule has 1 aromatic carbocycles. The second-order valence-electron chi connectivity index (χ2n) is 9.78. The van der Waals surface area contributed by atoms with Crippen molar-refractivity contribution in [3.63, 3.8) is 0 Å². The van der Waals surface area contributed by atoms with E-state index in [1.54, 1.807) is 12.1 Å². The molecule has 1 heterocycles. The average molecular weight is 411 g/mol. The molecule has 5 atom stereocenters. The molecule has 1 aromatic rings. The topological polar surface area (TPSA) is 87.0 Å². The van der Waals surface area contributed by atoms with E-state index in [4.69, 9.17) is 4.74 Å². The highest BCUT2D eigenvalue weighted by atomic mass is 16.5. The second kappa shape index (κ2) is 6.96. The minimum Gasteiger partial charge on any atom is -0.501 e. The van der Waals surface area contributed by atoms with E-state index in [0.29, 0.717) is 24.9 Å². The third-order valence-corrected chi connectivity index (χ3v) is 8.62. The molecule has 5 nitrogen and oxygen atoms in total. The van der Waals surface area contributed by atoms with E-state index in [9.17, 15) is 20.1 Å². The van der Waals surface area contributed by atoms with Crippen molar-refractivity contribution < 1.29 is 24.9 Å². The van der Waals surface area contributed by atoms with Crippen molar-refractivity contribution in [1.82, 2.24) is 0 Å². The molecule has 5 heteroatoms. The number of aromatic carboxylic acids is 1. The molecule has 0 bridgehead atoms. The summed E-state index contributed by atoms with van der Waals surface area (Å²) < 4.78 is 5.62. The number of allylic oxidation sites excluding steroid dienone is 2. The first-order valence-electron chi connectivity index (χ1n) is 11.1. The summed E-state index contributed by atoms with van der Waals surface area (Å²) in [5.41, 5.74) is 4.18. The van der Waals surface area contributed by atoms with Gasteiger partial charge in [-0.25, -0.2) is 4.79 Å². The summed E-state index contributed by atoms with van der Waals surface area (Å²) in [6.07, 6.45) is 7.23. The van der Waals surface area contributed by atoms with Crippen LogP contribution in [0.3, 0.4) is 0 Å². The zero-order valence-electron chi connectivity index (χ0n) is 17.4. The standard InChI is InChI=1S/C25H30O5/c1-24-12-20(15-2-4-16(5-3-15)23(27)28)22-18-9-11-30-13-17(18)6-7-19(22)21(24)8-10-25(24,29)14-26/h2-5,13,19-21,26,29H,6-12,14H2,1H3,(H,27,28)/t19?,20-,21?,24+,25-/m1/s1. The Hall–Kier alpha value is -2.11. The normalized spacial score (nSPS) is 37.6. The number of carboxylic acids is 1. The molecule has 4 aliphatic rings. The molecule has 3 N–H and O–H groups in total. The first-order valence-corrected chi connectivity index (χ1v) is 11.1. The molecule has 0 amide bonds. The van der Waals surface area contributed by atoms with Crippen molar-refractivity contribution in [3.8, 4) is 0 Å². The zero-order valence-corrected chi connectivity index (χ0v) is 17.4. The number of ether oxygens (including phenoxy) is 1. The van der Waals surface area contributed by atoms with Gasteiger partial charge in [-0.2, -0.15) is 0 Å². The lowest BCUT2D eigenvalue weighted by atomic mass is 9.51. The molecule has 5 rings (SSSR count). The molecule has 2 saturated carbocycles. The van der Waals surface area contributed by atoms with Gasteiger partial charge in [0.25, 0.3) is 0 Å². The Morgan fingerprint density at radius 1 is 1.20 bits per heavy atom. The first-order chi connectivity index (χ1) is 14.4. The van der Waals surface area contributed by atoms with Crippen LogP contribution in [0.1, 0.15) is 67.3 Å². The van der Waals surface area contributed by atoms with Gasteiger partial charge in [-0.3, -0.25) is 0 Å². The largest absolute Gasteiger partial charge is 0.501 e. The van der Waals surface area contributed by atoms with Crippen LogP contribution in [0.2, 0.25) is 0 Å². The maximum Gasteiger partial charge on any atom is 0.335 e. The van der Waals surface area contributed by atoms with Crippen molar-refractivity contribution in [2.45, 2.75) is 57.0 Å². The number of carbonyl (C=O) groups is 1. The number of aliphatic hydroxyl groups is 2. The van der Waals surface area contributed by atoms with Crippen molar-refractivity contribution in [3.05, 3.63) is 58.4 Å². The maximum absolute atomic E-state index is 11.4. The van der Waals surface area contributed by atoms with Gasteiger partial charge in [0.1, 0.15) is 0 Å². The molecule has 2 fully saturated rings. The fourth-order valence-corrected chi connectivity index (χ4v) is 6.95. The minimum absolute atomic E-state index is 0.118. The summed E-state index contributed by atoms with van der Waals surface area (Å²) in [7, 11) is 0. The lowest BCUT2D eigenvalue weighted by Gasteiger charge is -2.54. The Labute approximate surface area is 177 Å². The lowest BCUT2D eigenvalue weighted by Crippen LogP contribution is -2.53. The second-order valence-corrected chi connectivity index (χ2v) is 9.78. The number of benzene rings is 1. The molecule has 0 aromatic heterocycles. The molecule has 30 heavy (non-hydrogen) atoms. The third-order valence-electron chi connectivity index (χ3n) is 8.62. The fourth-order valence-electron chi connectivity index (χ4n) is 6.95. The van der Waals surface area contributed by atoms with Gasteiger partial charge in [0, 0.05) is 17.8 Å². The van der Waals surface area contributed by atoms with E-state index >= 15 is 0 Å². The van der Waals surface area contributed by atoms with Crippen LogP contribution in [0.4, 0.5) is 0 Å².